The first kappa shape index (κ1) is 13.3. The molecule has 7 nitrogen and oxygen atoms in total. The Morgan fingerprint density at radius 3 is 3.00 bits per heavy atom. The maximum absolute atomic E-state index is 12.3. The zero-order valence-electron chi connectivity index (χ0n) is 11.5. The van der Waals surface area contributed by atoms with Crippen LogP contribution in [0.25, 0.3) is 11.0 Å². The lowest BCUT2D eigenvalue weighted by atomic mass is 10.1. The van der Waals surface area contributed by atoms with Crippen molar-refractivity contribution in [3.63, 3.8) is 0 Å². The predicted octanol–water partition coefficient (Wildman–Crippen LogP) is 2.22. The summed E-state index contributed by atoms with van der Waals surface area (Å²) in [6, 6.07) is 8.94. The molecule has 2 N–H and O–H groups in total. The number of furan rings is 1. The van der Waals surface area contributed by atoms with Crippen LogP contribution in [0.3, 0.4) is 0 Å². The molecule has 1 aromatic carbocycles. The summed E-state index contributed by atoms with van der Waals surface area (Å²) in [5, 5.41) is 17.6. The number of benzene rings is 1. The van der Waals surface area contributed by atoms with Crippen molar-refractivity contribution in [1.82, 2.24) is 25.9 Å². The zero-order chi connectivity index (χ0) is 14.7. The first-order valence-electron chi connectivity index (χ1n) is 6.80. The third-order valence-corrected chi connectivity index (χ3v) is 3.21. The Bertz CT molecular complexity index is 702. The molecule has 0 saturated heterocycles. The molecule has 3 aromatic rings. The van der Waals surface area contributed by atoms with Crippen molar-refractivity contribution in [3.05, 3.63) is 41.9 Å². The molecule has 1 amide bonds. The molecule has 0 aliphatic rings. The van der Waals surface area contributed by atoms with E-state index in [0.29, 0.717) is 11.4 Å². The summed E-state index contributed by atoms with van der Waals surface area (Å²) in [6.07, 6.45) is 1.62. The second-order valence-corrected chi connectivity index (χ2v) is 4.73. The van der Waals surface area contributed by atoms with Crippen LogP contribution in [0.1, 0.15) is 42.2 Å². The van der Waals surface area contributed by atoms with Gasteiger partial charge in [0.1, 0.15) is 5.58 Å². The highest BCUT2D eigenvalue weighted by Gasteiger charge is 2.20. The van der Waals surface area contributed by atoms with E-state index in [1.807, 2.05) is 31.2 Å². The molecule has 21 heavy (non-hydrogen) atoms. The van der Waals surface area contributed by atoms with E-state index in [1.54, 1.807) is 6.07 Å². The molecule has 0 radical (unpaired) electrons. The average Bonchev–Trinajstić information content (AvgIpc) is 3.16. The molecular weight excluding hydrogens is 270 g/mol. The van der Waals surface area contributed by atoms with E-state index in [0.717, 1.165) is 18.2 Å². The minimum Gasteiger partial charge on any atom is -0.451 e. The number of nitrogens with one attached hydrogen (secondary N) is 2. The number of hydrogen-bond acceptors (Lipinski definition) is 5. The summed E-state index contributed by atoms with van der Waals surface area (Å²) >= 11 is 0. The Kier molecular flexibility index (Phi) is 3.63. The highest BCUT2D eigenvalue weighted by atomic mass is 16.3. The monoisotopic (exact) mass is 285 g/mol. The van der Waals surface area contributed by atoms with Crippen molar-refractivity contribution in [2.75, 3.05) is 0 Å². The fourth-order valence-corrected chi connectivity index (χ4v) is 2.19. The third kappa shape index (κ3) is 2.76. The van der Waals surface area contributed by atoms with Crippen LogP contribution in [0.2, 0.25) is 0 Å². The van der Waals surface area contributed by atoms with E-state index in [-0.39, 0.29) is 17.7 Å². The number of hydrogen-bond donors (Lipinski definition) is 2. The normalized spacial score (nSPS) is 12.4. The average molecular weight is 285 g/mol. The summed E-state index contributed by atoms with van der Waals surface area (Å²) in [4.78, 5) is 12.3. The maximum atomic E-state index is 12.3. The van der Waals surface area contributed by atoms with Crippen molar-refractivity contribution in [2.45, 2.75) is 25.8 Å². The van der Waals surface area contributed by atoms with Crippen LogP contribution >= 0.6 is 0 Å². The second kappa shape index (κ2) is 5.74. The number of amides is 1. The first-order valence-corrected chi connectivity index (χ1v) is 6.80. The van der Waals surface area contributed by atoms with Gasteiger partial charge in [-0.1, -0.05) is 36.8 Å². The van der Waals surface area contributed by atoms with Crippen LogP contribution in [0.5, 0.6) is 0 Å². The van der Waals surface area contributed by atoms with Crippen molar-refractivity contribution < 1.29 is 9.21 Å². The van der Waals surface area contributed by atoms with E-state index in [9.17, 15) is 4.79 Å². The van der Waals surface area contributed by atoms with Crippen LogP contribution in [0.4, 0.5) is 0 Å². The highest BCUT2D eigenvalue weighted by Crippen LogP contribution is 2.20. The Hall–Kier alpha value is -2.70. The van der Waals surface area contributed by atoms with Crippen LogP contribution < -0.4 is 5.32 Å². The lowest BCUT2D eigenvalue weighted by molar-refractivity contribution is 0.0906. The fraction of sp³-hybridized carbons (Fsp3) is 0.286. The lowest BCUT2D eigenvalue weighted by Gasteiger charge is -2.13. The minimum atomic E-state index is -0.283. The molecule has 0 aliphatic heterocycles. The fourth-order valence-electron chi connectivity index (χ4n) is 2.19. The van der Waals surface area contributed by atoms with Crippen LogP contribution in [-0.2, 0) is 0 Å². The summed E-state index contributed by atoms with van der Waals surface area (Å²) in [5.74, 6) is 0.469. The Balaban J connectivity index is 1.80. The molecule has 0 bridgehead atoms. The van der Waals surface area contributed by atoms with Gasteiger partial charge in [-0.25, -0.2) is 0 Å². The third-order valence-electron chi connectivity index (χ3n) is 3.21. The number of rotatable bonds is 5. The smallest absolute Gasteiger partial charge is 0.287 e. The number of carbonyl (C=O) groups excluding carboxylic acids is 1. The standard InChI is InChI=1S/C14H15N5O2/c1-2-5-10(13-16-18-19-17-13)15-14(20)12-8-9-6-3-4-7-11(9)21-12/h3-4,6-8,10H,2,5H2,1H3,(H,15,20)(H,16,17,18,19). The molecule has 1 atom stereocenters. The molecule has 2 heterocycles. The highest BCUT2D eigenvalue weighted by molar-refractivity contribution is 5.96. The van der Waals surface area contributed by atoms with Crippen LogP contribution in [-0.4, -0.2) is 26.5 Å². The largest absolute Gasteiger partial charge is 0.451 e. The Morgan fingerprint density at radius 2 is 2.29 bits per heavy atom. The van der Waals surface area contributed by atoms with Crippen molar-refractivity contribution >= 4 is 16.9 Å². The Morgan fingerprint density at radius 1 is 1.43 bits per heavy atom. The minimum absolute atomic E-state index is 0.279. The van der Waals surface area contributed by atoms with E-state index in [2.05, 4.69) is 25.9 Å². The van der Waals surface area contributed by atoms with Crippen molar-refractivity contribution in [2.24, 2.45) is 0 Å². The molecular formula is C14H15N5O2. The van der Waals surface area contributed by atoms with Crippen molar-refractivity contribution in [3.8, 4) is 0 Å². The number of para-hydroxylation sites is 1. The number of fused-ring (bicyclic) bond motifs is 1. The van der Waals surface area contributed by atoms with Gasteiger partial charge in [-0.2, -0.15) is 5.21 Å². The molecule has 0 aliphatic carbocycles. The number of nitrogens with zero attached hydrogens (tertiary/aromatic N) is 3. The van der Waals surface area contributed by atoms with Gasteiger partial charge in [0, 0.05) is 5.39 Å². The van der Waals surface area contributed by atoms with Crippen molar-refractivity contribution in [1.29, 1.82) is 0 Å². The molecule has 2 aromatic heterocycles. The van der Waals surface area contributed by atoms with Gasteiger partial charge in [0.05, 0.1) is 6.04 Å². The van der Waals surface area contributed by atoms with Gasteiger partial charge in [0.2, 0.25) is 0 Å². The van der Waals surface area contributed by atoms with Gasteiger partial charge in [0.15, 0.2) is 11.6 Å². The predicted molar refractivity (Wildman–Crippen MR) is 75.5 cm³/mol. The maximum Gasteiger partial charge on any atom is 0.287 e. The summed E-state index contributed by atoms with van der Waals surface area (Å²) in [7, 11) is 0. The number of carbonyl (C=O) groups is 1. The first-order chi connectivity index (χ1) is 10.3. The molecule has 1 unspecified atom stereocenters. The van der Waals surface area contributed by atoms with Gasteiger partial charge in [-0.15, -0.1) is 10.2 Å². The Labute approximate surface area is 120 Å². The topological polar surface area (TPSA) is 96.7 Å². The summed E-state index contributed by atoms with van der Waals surface area (Å²) in [5.41, 5.74) is 0.689. The molecule has 0 fully saturated rings. The number of tetrazole rings is 1. The molecule has 108 valence electrons. The number of aromatic amines is 1. The van der Waals surface area contributed by atoms with Gasteiger partial charge in [-0.05, 0) is 18.6 Å². The van der Waals surface area contributed by atoms with Crippen LogP contribution in [0.15, 0.2) is 34.7 Å². The molecule has 7 heteroatoms. The number of H-pyrrole nitrogens is 1. The van der Waals surface area contributed by atoms with E-state index >= 15 is 0 Å². The summed E-state index contributed by atoms with van der Waals surface area (Å²) in [6.45, 7) is 2.03. The van der Waals surface area contributed by atoms with Gasteiger partial charge < -0.3 is 9.73 Å². The van der Waals surface area contributed by atoms with E-state index in [1.165, 1.54) is 0 Å². The van der Waals surface area contributed by atoms with E-state index in [4.69, 9.17) is 4.42 Å². The van der Waals surface area contributed by atoms with Crippen LogP contribution in [0, 0.1) is 0 Å². The second-order valence-electron chi connectivity index (χ2n) is 4.73. The molecule has 0 spiro atoms. The quantitative estimate of drug-likeness (QED) is 0.749. The molecule has 3 rings (SSSR count). The van der Waals surface area contributed by atoms with Gasteiger partial charge >= 0.3 is 0 Å². The summed E-state index contributed by atoms with van der Waals surface area (Å²) < 4.78 is 5.55. The zero-order valence-corrected chi connectivity index (χ0v) is 11.5. The van der Waals surface area contributed by atoms with Gasteiger partial charge in [-0.3, -0.25) is 4.79 Å². The van der Waals surface area contributed by atoms with Gasteiger partial charge in [0.25, 0.3) is 5.91 Å². The van der Waals surface area contributed by atoms with E-state index < -0.39 is 0 Å². The number of aromatic nitrogens is 4. The molecule has 0 saturated carbocycles. The SMILES string of the molecule is CCCC(NC(=O)c1cc2ccccc2o1)c1nn[nH]n1. The lowest BCUT2D eigenvalue weighted by Crippen LogP contribution is -2.29.